The summed E-state index contributed by atoms with van der Waals surface area (Å²) in [7, 11) is 0. The van der Waals surface area contributed by atoms with E-state index in [9.17, 15) is 14.7 Å². The maximum Gasteiger partial charge on any atom is 0.343 e. The second-order valence-electron chi connectivity index (χ2n) is 8.93. The number of nitrogens with zero attached hydrogens (tertiary/aromatic N) is 2. The molecule has 1 aliphatic heterocycles. The Kier molecular flexibility index (Phi) is 8.31. The molecule has 1 N–H and O–H groups in total. The maximum absolute atomic E-state index is 16.1. The third-order valence-electron chi connectivity index (χ3n) is 6.48. The van der Waals surface area contributed by atoms with E-state index in [-0.39, 0.29) is 34.8 Å². The lowest BCUT2D eigenvalue weighted by atomic mass is 10.0. The second kappa shape index (κ2) is 11.4. The van der Waals surface area contributed by atoms with Crippen molar-refractivity contribution in [1.82, 2.24) is 4.57 Å². The number of rotatable bonds is 8. The van der Waals surface area contributed by atoms with Crippen molar-refractivity contribution in [3.8, 4) is 0 Å². The Morgan fingerprint density at radius 1 is 1.22 bits per heavy atom. The number of aliphatic hydroxyl groups is 1. The van der Waals surface area contributed by atoms with E-state index in [1.54, 1.807) is 28.2 Å². The molecule has 1 aliphatic rings. The zero-order chi connectivity index (χ0) is 25.8. The molecule has 9 heteroatoms. The highest BCUT2D eigenvalue weighted by Crippen LogP contribution is 2.34. The van der Waals surface area contributed by atoms with E-state index in [0.29, 0.717) is 38.1 Å². The Morgan fingerprint density at radius 3 is 2.58 bits per heavy atom. The van der Waals surface area contributed by atoms with Gasteiger partial charge < -0.3 is 19.3 Å². The minimum Gasteiger partial charge on any atom is -0.462 e. The predicted octanol–water partition coefficient (Wildman–Crippen LogP) is 5.16. The number of halogens is 2. The first kappa shape index (κ1) is 26.2. The Hall–Kier alpha value is -2.91. The third-order valence-corrected chi connectivity index (χ3v) is 7.53. The van der Waals surface area contributed by atoms with Crippen molar-refractivity contribution in [1.29, 1.82) is 0 Å². The van der Waals surface area contributed by atoms with Gasteiger partial charge in [-0.3, -0.25) is 4.79 Å². The highest BCUT2D eigenvalue weighted by molar-refractivity contribution is 7.99. The number of fused-ring (bicyclic) bond motifs is 1. The standard InChI is InChI=1S/C27H30F2N2O4S/c1-3-35-27(34)21-16-31(17(2)11-14-36-19-7-5-4-6-8-19)24-20(26(21)33)15-22(28)25(23(24)29)30-12-9-18(32)10-13-30/h4-8,15-18,32H,3,9-14H2,1-2H3. The summed E-state index contributed by atoms with van der Waals surface area (Å²) in [6.07, 6.45) is 2.25. The van der Waals surface area contributed by atoms with Gasteiger partial charge in [0.05, 0.1) is 23.6 Å². The molecule has 2 aromatic carbocycles. The summed E-state index contributed by atoms with van der Waals surface area (Å²) in [6, 6.07) is 10.6. The molecular formula is C27H30F2N2O4S. The molecule has 0 saturated carbocycles. The summed E-state index contributed by atoms with van der Waals surface area (Å²) < 4.78 is 37.9. The van der Waals surface area contributed by atoms with Crippen LogP contribution in [-0.4, -0.2) is 47.2 Å². The molecule has 0 aliphatic carbocycles. The average Bonchev–Trinajstić information content (AvgIpc) is 2.86. The molecule has 2 heterocycles. The van der Waals surface area contributed by atoms with E-state index in [1.807, 2.05) is 37.3 Å². The number of aliphatic hydroxyl groups excluding tert-OH is 1. The fourth-order valence-corrected chi connectivity index (χ4v) is 5.56. The van der Waals surface area contributed by atoms with Crippen molar-refractivity contribution < 1.29 is 23.4 Å². The molecule has 36 heavy (non-hydrogen) atoms. The Bertz CT molecular complexity index is 1290. The van der Waals surface area contributed by atoms with Crippen LogP contribution in [0, 0.1) is 11.6 Å². The van der Waals surface area contributed by atoms with Gasteiger partial charge in [0, 0.05) is 30.2 Å². The van der Waals surface area contributed by atoms with E-state index in [2.05, 4.69) is 0 Å². The molecule has 4 rings (SSSR count). The zero-order valence-electron chi connectivity index (χ0n) is 20.4. The van der Waals surface area contributed by atoms with Gasteiger partial charge in [-0.15, -0.1) is 11.8 Å². The van der Waals surface area contributed by atoms with Gasteiger partial charge in [0.1, 0.15) is 17.1 Å². The molecule has 0 amide bonds. The topological polar surface area (TPSA) is 71.8 Å². The number of carbonyl (C=O) groups excluding carboxylic acids is 1. The minimum absolute atomic E-state index is 0.0345. The fourth-order valence-electron chi connectivity index (χ4n) is 4.52. The number of carbonyl (C=O) groups is 1. The van der Waals surface area contributed by atoms with Crippen molar-refractivity contribution >= 4 is 34.3 Å². The molecule has 1 saturated heterocycles. The van der Waals surface area contributed by atoms with Gasteiger partial charge in [0.25, 0.3) is 0 Å². The summed E-state index contributed by atoms with van der Waals surface area (Å²) in [5.74, 6) is -1.81. The van der Waals surface area contributed by atoms with E-state index >= 15 is 8.78 Å². The van der Waals surface area contributed by atoms with Crippen LogP contribution in [0.15, 0.2) is 52.3 Å². The summed E-state index contributed by atoms with van der Waals surface area (Å²) in [5.41, 5.74) is -1.26. The molecule has 1 atom stereocenters. The number of piperidine rings is 1. The normalized spacial score (nSPS) is 15.3. The highest BCUT2D eigenvalue weighted by Gasteiger charge is 2.28. The van der Waals surface area contributed by atoms with Crippen LogP contribution in [0.2, 0.25) is 0 Å². The maximum atomic E-state index is 16.1. The molecule has 0 radical (unpaired) electrons. The first-order valence-corrected chi connectivity index (χ1v) is 13.1. The van der Waals surface area contributed by atoms with E-state index in [1.165, 1.54) is 6.20 Å². The monoisotopic (exact) mass is 516 g/mol. The number of pyridine rings is 1. The quantitative estimate of drug-likeness (QED) is 0.329. The van der Waals surface area contributed by atoms with Crippen molar-refractivity contribution in [2.75, 3.05) is 30.3 Å². The number of hydrogen-bond donors (Lipinski definition) is 1. The van der Waals surface area contributed by atoms with Gasteiger partial charge in [-0.1, -0.05) is 18.2 Å². The van der Waals surface area contributed by atoms with Crippen LogP contribution in [0.3, 0.4) is 0 Å². The summed E-state index contributed by atoms with van der Waals surface area (Å²) in [5, 5.41) is 9.63. The van der Waals surface area contributed by atoms with Crippen molar-refractivity contribution in [3.05, 3.63) is 70.0 Å². The molecule has 1 fully saturated rings. The summed E-state index contributed by atoms with van der Waals surface area (Å²) >= 11 is 1.65. The Balaban J connectivity index is 1.78. The van der Waals surface area contributed by atoms with Crippen molar-refractivity contribution in [2.45, 2.75) is 50.2 Å². The number of benzene rings is 2. The fraction of sp³-hybridized carbons (Fsp3) is 0.407. The molecule has 6 nitrogen and oxygen atoms in total. The van der Waals surface area contributed by atoms with Crippen LogP contribution < -0.4 is 10.3 Å². The second-order valence-corrected chi connectivity index (χ2v) is 10.1. The third kappa shape index (κ3) is 5.42. The molecule has 0 spiro atoms. The SMILES string of the molecule is CCOC(=O)c1cn(C(C)CCSc2ccccc2)c2c(F)c(N3CCC(O)CC3)c(F)cc2c1=O. The van der Waals surface area contributed by atoms with Crippen molar-refractivity contribution in [3.63, 3.8) is 0 Å². The first-order valence-electron chi connectivity index (χ1n) is 12.2. The van der Waals surface area contributed by atoms with Gasteiger partial charge in [0.15, 0.2) is 5.82 Å². The lowest BCUT2D eigenvalue weighted by molar-refractivity contribution is 0.0524. The molecule has 1 aromatic heterocycles. The number of hydrogen-bond acceptors (Lipinski definition) is 6. The van der Waals surface area contributed by atoms with E-state index < -0.39 is 29.1 Å². The van der Waals surface area contributed by atoms with Crippen LogP contribution in [0.1, 0.15) is 49.5 Å². The molecule has 3 aromatic rings. The molecular weight excluding hydrogens is 486 g/mol. The van der Waals surface area contributed by atoms with Gasteiger partial charge in [-0.2, -0.15) is 0 Å². The predicted molar refractivity (Wildman–Crippen MR) is 138 cm³/mol. The van der Waals surface area contributed by atoms with Gasteiger partial charge >= 0.3 is 5.97 Å². The molecule has 1 unspecified atom stereocenters. The van der Waals surface area contributed by atoms with E-state index in [4.69, 9.17) is 4.74 Å². The average molecular weight is 517 g/mol. The van der Waals surface area contributed by atoms with Crippen LogP contribution in [0.5, 0.6) is 0 Å². The van der Waals surface area contributed by atoms with Gasteiger partial charge in [-0.25, -0.2) is 13.6 Å². The smallest absolute Gasteiger partial charge is 0.343 e. The van der Waals surface area contributed by atoms with Crippen LogP contribution in [0.4, 0.5) is 14.5 Å². The van der Waals surface area contributed by atoms with Crippen LogP contribution in [0.25, 0.3) is 10.9 Å². The molecule has 192 valence electrons. The van der Waals surface area contributed by atoms with Gasteiger partial charge in [-0.05, 0) is 57.1 Å². The number of anilines is 1. The molecule has 0 bridgehead atoms. The van der Waals surface area contributed by atoms with Crippen LogP contribution in [-0.2, 0) is 4.74 Å². The number of thioether (sulfide) groups is 1. The Labute approximate surface area is 212 Å². The van der Waals surface area contributed by atoms with Crippen LogP contribution >= 0.6 is 11.8 Å². The van der Waals surface area contributed by atoms with Crippen molar-refractivity contribution in [2.24, 2.45) is 0 Å². The Morgan fingerprint density at radius 2 is 1.92 bits per heavy atom. The van der Waals surface area contributed by atoms with Gasteiger partial charge in [0.2, 0.25) is 5.43 Å². The highest BCUT2D eigenvalue weighted by atomic mass is 32.2. The summed E-state index contributed by atoms with van der Waals surface area (Å²) in [4.78, 5) is 28.4. The largest absolute Gasteiger partial charge is 0.462 e. The number of esters is 1. The minimum atomic E-state index is -0.867. The number of aromatic nitrogens is 1. The summed E-state index contributed by atoms with van der Waals surface area (Å²) in [6.45, 7) is 4.18. The van der Waals surface area contributed by atoms with E-state index in [0.717, 1.165) is 11.0 Å². The lowest BCUT2D eigenvalue weighted by Gasteiger charge is -2.32. The lowest BCUT2D eigenvalue weighted by Crippen LogP contribution is -2.37. The first-order chi connectivity index (χ1) is 17.3. The zero-order valence-corrected chi connectivity index (χ0v) is 21.2. The number of ether oxygens (including phenoxy) is 1.